The molecule has 2 aromatic rings. The molecule has 0 aromatic heterocycles. The number of hydrogen-bond donors (Lipinski definition) is 0. The minimum atomic E-state index is -0.181. The third-order valence-electron chi connectivity index (χ3n) is 3.77. The van der Waals surface area contributed by atoms with Gasteiger partial charge in [0.05, 0.1) is 11.4 Å². The summed E-state index contributed by atoms with van der Waals surface area (Å²) < 4.78 is 0. The Kier molecular flexibility index (Phi) is 6.16. The Morgan fingerprint density at radius 2 is 1.04 bits per heavy atom. The van der Waals surface area contributed by atoms with Crippen molar-refractivity contribution < 1.29 is 9.59 Å². The summed E-state index contributed by atoms with van der Waals surface area (Å²) in [4.78, 5) is 26.1. The van der Waals surface area contributed by atoms with Crippen molar-refractivity contribution >= 4 is 34.6 Å². The van der Waals surface area contributed by atoms with E-state index in [2.05, 4.69) is 23.4 Å². The Bertz CT molecular complexity index is 768. The molecule has 0 aliphatic rings. The van der Waals surface area contributed by atoms with Crippen molar-refractivity contribution in [3.05, 3.63) is 73.8 Å². The average molecular weight is 348 g/mol. The van der Waals surface area contributed by atoms with E-state index in [1.807, 2.05) is 0 Å². The first-order valence-corrected chi connectivity index (χ1v) is 7.88. The predicted molar refractivity (Wildman–Crippen MR) is 104 cm³/mol. The molecule has 0 heterocycles. The maximum Gasteiger partial charge on any atom is 0.250 e. The molecular weight excluding hydrogens is 328 g/mol. The van der Waals surface area contributed by atoms with Crippen molar-refractivity contribution in [1.29, 1.82) is 0 Å². The SMILES string of the molecule is C=CC(=O)N(C)c1ccc(/N=N/c2ccc(N(C)C(=O)C=C)cc2)cc1. The summed E-state index contributed by atoms with van der Waals surface area (Å²) in [5.74, 6) is -0.362. The van der Waals surface area contributed by atoms with Crippen LogP contribution in [0.1, 0.15) is 0 Å². The maximum absolute atomic E-state index is 11.6. The summed E-state index contributed by atoms with van der Waals surface area (Å²) in [6.45, 7) is 6.94. The summed E-state index contributed by atoms with van der Waals surface area (Å²) in [5.41, 5.74) is 2.81. The van der Waals surface area contributed by atoms with Gasteiger partial charge in [-0.3, -0.25) is 9.59 Å². The number of hydrogen-bond acceptors (Lipinski definition) is 4. The molecule has 0 aliphatic carbocycles. The predicted octanol–water partition coefficient (Wildman–Crippen LogP) is 4.40. The van der Waals surface area contributed by atoms with Gasteiger partial charge in [0.15, 0.2) is 0 Å². The third-order valence-corrected chi connectivity index (χ3v) is 3.77. The first-order chi connectivity index (χ1) is 12.5. The first-order valence-electron chi connectivity index (χ1n) is 7.88. The van der Waals surface area contributed by atoms with Crippen LogP contribution in [0.2, 0.25) is 0 Å². The van der Waals surface area contributed by atoms with E-state index >= 15 is 0 Å². The second kappa shape index (κ2) is 8.53. The van der Waals surface area contributed by atoms with Gasteiger partial charge in [-0.25, -0.2) is 0 Å². The van der Waals surface area contributed by atoms with E-state index in [0.717, 1.165) is 11.4 Å². The molecule has 0 radical (unpaired) electrons. The van der Waals surface area contributed by atoms with E-state index in [1.54, 1.807) is 62.6 Å². The lowest BCUT2D eigenvalue weighted by molar-refractivity contribution is -0.114. The lowest BCUT2D eigenvalue weighted by Gasteiger charge is -2.15. The molecular formula is C20H20N4O2. The minimum absolute atomic E-state index is 0.181. The fourth-order valence-corrected chi connectivity index (χ4v) is 2.13. The van der Waals surface area contributed by atoms with Crippen molar-refractivity contribution in [2.75, 3.05) is 23.9 Å². The van der Waals surface area contributed by atoms with Gasteiger partial charge in [-0.05, 0) is 60.7 Å². The number of carbonyl (C=O) groups is 2. The molecule has 0 saturated heterocycles. The largest absolute Gasteiger partial charge is 0.312 e. The summed E-state index contributed by atoms with van der Waals surface area (Å²) >= 11 is 0. The normalized spacial score (nSPS) is 10.4. The highest BCUT2D eigenvalue weighted by molar-refractivity contribution is 6.01. The molecule has 6 heteroatoms. The Morgan fingerprint density at radius 1 is 0.731 bits per heavy atom. The van der Waals surface area contributed by atoms with Crippen LogP contribution in [0.15, 0.2) is 84.1 Å². The molecule has 0 unspecified atom stereocenters. The molecule has 0 bridgehead atoms. The van der Waals surface area contributed by atoms with Crippen LogP contribution >= 0.6 is 0 Å². The molecule has 0 N–H and O–H groups in total. The van der Waals surface area contributed by atoms with E-state index in [0.29, 0.717) is 11.4 Å². The highest BCUT2D eigenvalue weighted by atomic mass is 16.2. The van der Waals surface area contributed by atoms with Gasteiger partial charge in [-0.2, -0.15) is 10.2 Å². The van der Waals surface area contributed by atoms with Crippen molar-refractivity contribution in [2.45, 2.75) is 0 Å². The molecule has 0 aliphatic heterocycles. The molecule has 0 saturated carbocycles. The molecule has 132 valence electrons. The third kappa shape index (κ3) is 4.51. The number of amides is 2. The lowest BCUT2D eigenvalue weighted by atomic mass is 10.2. The second-order valence-corrected chi connectivity index (χ2v) is 5.44. The molecule has 2 rings (SSSR count). The fourth-order valence-electron chi connectivity index (χ4n) is 2.13. The van der Waals surface area contributed by atoms with Gasteiger partial charge >= 0.3 is 0 Å². The molecule has 2 amide bonds. The fraction of sp³-hybridized carbons (Fsp3) is 0.100. The minimum Gasteiger partial charge on any atom is -0.312 e. The lowest BCUT2D eigenvalue weighted by Crippen LogP contribution is -2.23. The van der Waals surface area contributed by atoms with E-state index in [-0.39, 0.29) is 11.8 Å². The smallest absolute Gasteiger partial charge is 0.250 e. The molecule has 6 nitrogen and oxygen atoms in total. The number of azo groups is 1. The van der Waals surface area contributed by atoms with Crippen LogP contribution < -0.4 is 9.80 Å². The Labute approximate surface area is 152 Å². The zero-order chi connectivity index (χ0) is 19.1. The van der Waals surface area contributed by atoms with E-state index in [4.69, 9.17) is 0 Å². The topological polar surface area (TPSA) is 65.3 Å². The van der Waals surface area contributed by atoms with Gasteiger partial charge < -0.3 is 9.80 Å². The summed E-state index contributed by atoms with van der Waals surface area (Å²) in [6.07, 6.45) is 2.52. The van der Waals surface area contributed by atoms with E-state index in [9.17, 15) is 9.59 Å². The van der Waals surface area contributed by atoms with Gasteiger partial charge in [-0.1, -0.05) is 13.2 Å². The number of carbonyl (C=O) groups excluding carboxylic acids is 2. The quantitative estimate of drug-likeness (QED) is 0.574. The molecule has 0 atom stereocenters. The van der Waals surface area contributed by atoms with Crippen LogP contribution in [0.3, 0.4) is 0 Å². The highest BCUT2D eigenvalue weighted by Crippen LogP contribution is 2.23. The van der Waals surface area contributed by atoms with Gasteiger partial charge in [-0.15, -0.1) is 0 Å². The van der Waals surface area contributed by atoms with Crippen LogP contribution in [0.25, 0.3) is 0 Å². The monoisotopic (exact) mass is 348 g/mol. The first kappa shape index (κ1) is 18.8. The van der Waals surface area contributed by atoms with Crippen molar-refractivity contribution in [2.24, 2.45) is 10.2 Å². The zero-order valence-electron chi connectivity index (χ0n) is 14.8. The van der Waals surface area contributed by atoms with Gasteiger partial charge in [0.1, 0.15) is 0 Å². The molecule has 26 heavy (non-hydrogen) atoms. The van der Waals surface area contributed by atoms with Crippen molar-refractivity contribution in [3.63, 3.8) is 0 Å². The van der Waals surface area contributed by atoms with Crippen LogP contribution in [-0.4, -0.2) is 25.9 Å². The molecule has 0 spiro atoms. The Balaban J connectivity index is 2.07. The van der Waals surface area contributed by atoms with Crippen LogP contribution in [0.5, 0.6) is 0 Å². The standard InChI is InChI=1S/C20H20N4O2/c1-5-19(25)23(3)17-11-7-15(8-12-17)21-22-16-9-13-18(14-10-16)24(4)20(26)6-2/h5-14H,1-2H2,3-4H3/b22-21+. The number of nitrogens with zero attached hydrogens (tertiary/aromatic N) is 4. The van der Waals surface area contributed by atoms with Crippen LogP contribution in [0.4, 0.5) is 22.7 Å². The van der Waals surface area contributed by atoms with Crippen LogP contribution in [-0.2, 0) is 9.59 Å². The number of anilines is 2. The van der Waals surface area contributed by atoms with Gasteiger partial charge in [0, 0.05) is 25.5 Å². The Hall–Kier alpha value is -3.54. The Morgan fingerprint density at radius 3 is 1.31 bits per heavy atom. The summed E-state index contributed by atoms with van der Waals surface area (Å²) in [7, 11) is 3.35. The van der Waals surface area contributed by atoms with E-state index < -0.39 is 0 Å². The summed E-state index contributed by atoms with van der Waals surface area (Å²) in [5, 5.41) is 8.34. The van der Waals surface area contributed by atoms with Crippen LogP contribution in [0, 0.1) is 0 Å². The van der Waals surface area contributed by atoms with Gasteiger partial charge in [0.25, 0.3) is 0 Å². The van der Waals surface area contributed by atoms with E-state index in [1.165, 1.54) is 22.0 Å². The zero-order valence-corrected chi connectivity index (χ0v) is 14.8. The number of rotatable bonds is 6. The van der Waals surface area contributed by atoms with Gasteiger partial charge in [0.2, 0.25) is 11.8 Å². The van der Waals surface area contributed by atoms with Crippen molar-refractivity contribution in [1.82, 2.24) is 0 Å². The number of likely N-dealkylation sites (N-methyl/N-ethyl adjacent to an activating group) is 2. The highest BCUT2D eigenvalue weighted by Gasteiger charge is 2.07. The summed E-state index contributed by atoms with van der Waals surface area (Å²) in [6, 6.07) is 14.2. The molecule has 2 aromatic carbocycles. The molecule has 0 fully saturated rings. The average Bonchev–Trinajstić information content (AvgIpc) is 2.70. The maximum atomic E-state index is 11.6. The van der Waals surface area contributed by atoms with Crippen molar-refractivity contribution in [3.8, 4) is 0 Å². The second-order valence-electron chi connectivity index (χ2n) is 5.44. The number of benzene rings is 2.